The molecule has 3 N–H and O–H groups in total. The fourth-order valence-corrected chi connectivity index (χ4v) is 2.80. The number of aryl methyl sites for hydroxylation is 1. The molecule has 2 aromatic rings. The minimum Gasteiger partial charge on any atom is -0.316 e. The molecule has 0 unspecified atom stereocenters. The Kier molecular flexibility index (Phi) is 3.86. The molecule has 0 saturated heterocycles. The number of aromatic nitrogens is 4. The van der Waals surface area contributed by atoms with Crippen LogP contribution in [0.15, 0.2) is 23.6 Å². The second kappa shape index (κ2) is 5.41. The highest BCUT2D eigenvalue weighted by molar-refractivity contribution is 7.92. The average molecular weight is 284 g/mol. The molecule has 0 atom stereocenters. The van der Waals surface area contributed by atoms with E-state index in [1.807, 2.05) is 6.92 Å². The SMILES string of the molecule is CCn1cc(NS(=O)(=O)c2[nH]ncc2CNC)cn1. The Morgan fingerprint density at radius 2 is 2.21 bits per heavy atom. The number of nitrogens with zero attached hydrogens (tertiary/aromatic N) is 3. The smallest absolute Gasteiger partial charge is 0.279 e. The summed E-state index contributed by atoms with van der Waals surface area (Å²) in [5.74, 6) is 0. The third-order valence-electron chi connectivity index (χ3n) is 2.52. The van der Waals surface area contributed by atoms with Crippen molar-refractivity contribution < 1.29 is 8.42 Å². The Morgan fingerprint density at radius 1 is 1.42 bits per heavy atom. The lowest BCUT2D eigenvalue weighted by Gasteiger charge is -2.05. The maximum Gasteiger partial charge on any atom is 0.279 e. The summed E-state index contributed by atoms with van der Waals surface area (Å²) in [5.41, 5.74) is 1.00. The van der Waals surface area contributed by atoms with Crippen LogP contribution in [0.25, 0.3) is 0 Å². The van der Waals surface area contributed by atoms with Crippen molar-refractivity contribution in [2.45, 2.75) is 25.0 Å². The van der Waals surface area contributed by atoms with Crippen LogP contribution in [0.1, 0.15) is 12.5 Å². The third kappa shape index (κ3) is 2.93. The van der Waals surface area contributed by atoms with Crippen molar-refractivity contribution >= 4 is 15.7 Å². The Hall–Kier alpha value is -1.87. The van der Waals surface area contributed by atoms with Crippen LogP contribution in [-0.4, -0.2) is 35.4 Å². The molecular formula is C10H16N6O2S. The Morgan fingerprint density at radius 3 is 2.84 bits per heavy atom. The lowest BCUT2D eigenvalue weighted by molar-refractivity contribution is 0.595. The van der Waals surface area contributed by atoms with E-state index in [1.54, 1.807) is 17.9 Å². The van der Waals surface area contributed by atoms with Crippen LogP contribution in [0, 0.1) is 0 Å². The van der Waals surface area contributed by atoms with Crippen LogP contribution in [0.3, 0.4) is 0 Å². The maximum absolute atomic E-state index is 12.2. The van der Waals surface area contributed by atoms with Gasteiger partial charge in [0.2, 0.25) is 0 Å². The van der Waals surface area contributed by atoms with Crippen LogP contribution in [0.2, 0.25) is 0 Å². The molecule has 0 fully saturated rings. The molecule has 0 saturated carbocycles. The molecule has 0 bridgehead atoms. The number of rotatable bonds is 6. The number of H-pyrrole nitrogens is 1. The summed E-state index contributed by atoms with van der Waals surface area (Å²) in [7, 11) is -1.94. The van der Waals surface area contributed by atoms with Gasteiger partial charge in [-0.25, -0.2) is 0 Å². The summed E-state index contributed by atoms with van der Waals surface area (Å²) in [4.78, 5) is 0. The number of aromatic amines is 1. The second-order valence-corrected chi connectivity index (χ2v) is 5.56. The molecule has 0 radical (unpaired) electrons. The monoisotopic (exact) mass is 284 g/mol. The molecule has 2 aromatic heterocycles. The number of sulfonamides is 1. The summed E-state index contributed by atoms with van der Waals surface area (Å²) in [5, 5.41) is 13.2. The number of anilines is 1. The second-order valence-electron chi connectivity index (χ2n) is 3.94. The van der Waals surface area contributed by atoms with Gasteiger partial charge in [0.15, 0.2) is 5.03 Å². The topological polar surface area (TPSA) is 105 Å². The molecule has 0 aliphatic rings. The zero-order valence-electron chi connectivity index (χ0n) is 10.7. The summed E-state index contributed by atoms with van der Waals surface area (Å²) in [6.45, 7) is 3.02. The van der Waals surface area contributed by atoms with E-state index in [0.29, 0.717) is 24.3 Å². The highest BCUT2D eigenvalue weighted by atomic mass is 32.2. The van der Waals surface area contributed by atoms with Crippen molar-refractivity contribution in [2.75, 3.05) is 11.8 Å². The van der Waals surface area contributed by atoms with Crippen molar-refractivity contribution in [3.8, 4) is 0 Å². The van der Waals surface area contributed by atoms with Gasteiger partial charge in [-0.1, -0.05) is 0 Å². The van der Waals surface area contributed by atoms with Crippen molar-refractivity contribution in [2.24, 2.45) is 0 Å². The average Bonchev–Trinajstić information content (AvgIpc) is 2.98. The van der Waals surface area contributed by atoms with Crippen LogP contribution in [-0.2, 0) is 23.1 Å². The van der Waals surface area contributed by atoms with Crippen LogP contribution < -0.4 is 10.0 Å². The molecule has 2 heterocycles. The van der Waals surface area contributed by atoms with Gasteiger partial charge in [-0.2, -0.15) is 18.6 Å². The van der Waals surface area contributed by atoms with Gasteiger partial charge in [0.25, 0.3) is 10.0 Å². The Balaban J connectivity index is 2.24. The third-order valence-corrected chi connectivity index (χ3v) is 3.92. The van der Waals surface area contributed by atoms with Gasteiger partial charge in [0.1, 0.15) is 0 Å². The zero-order valence-corrected chi connectivity index (χ0v) is 11.5. The van der Waals surface area contributed by atoms with Gasteiger partial charge in [-0.15, -0.1) is 0 Å². The van der Waals surface area contributed by atoms with Gasteiger partial charge < -0.3 is 5.32 Å². The number of hydrogen-bond acceptors (Lipinski definition) is 5. The molecule has 0 aliphatic heterocycles. The first-order valence-electron chi connectivity index (χ1n) is 5.79. The quantitative estimate of drug-likeness (QED) is 0.700. The van der Waals surface area contributed by atoms with E-state index in [-0.39, 0.29) is 5.03 Å². The highest BCUT2D eigenvalue weighted by Gasteiger charge is 2.21. The van der Waals surface area contributed by atoms with Crippen molar-refractivity contribution in [3.05, 3.63) is 24.2 Å². The van der Waals surface area contributed by atoms with E-state index in [0.717, 1.165) is 0 Å². The molecule has 104 valence electrons. The summed E-state index contributed by atoms with van der Waals surface area (Å²) >= 11 is 0. The van der Waals surface area contributed by atoms with E-state index in [2.05, 4.69) is 25.3 Å². The van der Waals surface area contributed by atoms with Crippen molar-refractivity contribution in [1.82, 2.24) is 25.3 Å². The van der Waals surface area contributed by atoms with Crippen LogP contribution >= 0.6 is 0 Å². The molecule has 2 rings (SSSR count). The van der Waals surface area contributed by atoms with Gasteiger partial charge in [-0.3, -0.25) is 14.5 Å². The van der Waals surface area contributed by atoms with Crippen molar-refractivity contribution in [1.29, 1.82) is 0 Å². The van der Waals surface area contributed by atoms with Gasteiger partial charge >= 0.3 is 0 Å². The van der Waals surface area contributed by atoms with E-state index >= 15 is 0 Å². The largest absolute Gasteiger partial charge is 0.316 e. The highest BCUT2D eigenvalue weighted by Crippen LogP contribution is 2.16. The summed E-state index contributed by atoms with van der Waals surface area (Å²) in [6.07, 6.45) is 4.58. The summed E-state index contributed by atoms with van der Waals surface area (Å²) in [6, 6.07) is 0. The molecule has 0 spiro atoms. The predicted molar refractivity (Wildman–Crippen MR) is 70.1 cm³/mol. The number of nitrogens with one attached hydrogen (secondary N) is 3. The fraction of sp³-hybridized carbons (Fsp3) is 0.400. The minimum atomic E-state index is -3.68. The zero-order chi connectivity index (χ0) is 13.9. The summed E-state index contributed by atoms with van der Waals surface area (Å²) < 4.78 is 28.5. The predicted octanol–water partition coefficient (Wildman–Crippen LogP) is 0.146. The molecule has 0 aromatic carbocycles. The van der Waals surface area contributed by atoms with Crippen LogP contribution in [0.5, 0.6) is 0 Å². The van der Waals surface area contributed by atoms with Crippen molar-refractivity contribution in [3.63, 3.8) is 0 Å². The normalized spacial score (nSPS) is 11.7. The van der Waals surface area contributed by atoms with E-state index in [4.69, 9.17) is 0 Å². The minimum absolute atomic E-state index is 0.0612. The molecular weight excluding hydrogens is 268 g/mol. The van der Waals surface area contributed by atoms with Gasteiger partial charge in [0, 0.05) is 24.8 Å². The first kappa shape index (κ1) is 13.6. The van der Waals surface area contributed by atoms with Crippen LogP contribution in [0.4, 0.5) is 5.69 Å². The first-order valence-corrected chi connectivity index (χ1v) is 7.27. The lowest BCUT2D eigenvalue weighted by atomic mass is 10.4. The van der Waals surface area contributed by atoms with Gasteiger partial charge in [-0.05, 0) is 14.0 Å². The standard InChI is InChI=1S/C10H16N6O2S/c1-3-16-7-9(6-13-16)15-19(17,18)10-8(4-11-2)5-12-14-10/h5-7,11,15H,3-4H2,1-2H3,(H,12,14). The fourth-order valence-electron chi connectivity index (χ4n) is 1.64. The Bertz CT molecular complexity index is 645. The van der Waals surface area contributed by atoms with Gasteiger partial charge in [0.05, 0.1) is 18.1 Å². The molecule has 9 heteroatoms. The molecule has 8 nitrogen and oxygen atoms in total. The van der Waals surface area contributed by atoms with E-state index in [1.165, 1.54) is 12.4 Å². The molecule has 19 heavy (non-hydrogen) atoms. The Labute approximate surface area is 111 Å². The lowest BCUT2D eigenvalue weighted by Crippen LogP contribution is -2.16. The number of hydrogen-bond donors (Lipinski definition) is 3. The van der Waals surface area contributed by atoms with E-state index < -0.39 is 10.0 Å². The first-order chi connectivity index (χ1) is 9.06. The van der Waals surface area contributed by atoms with E-state index in [9.17, 15) is 8.42 Å². The molecule has 0 aliphatic carbocycles. The maximum atomic E-state index is 12.2. The molecule has 0 amide bonds.